The molecule has 8 aromatic rings. The van der Waals surface area contributed by atoms with E-state index in [-0.39, 0.29) is 47.5 Å². The molecule has 80 heavy (non-hydrogen) atoms. The predicted molar refractivity (Wildman–Crippen MR) is 310 cm³/mol. The van der Waals surface area contributed by atoms with E-state index in [9.17, 15) is 32.3 Å². The van der Waals surface area contributed by atoms with Crippen LogP contribution >= 0.6 is 58.3 Å². The molecule has 0 spiro atoms. The number of amides is 1. The fourth-order valence-corrected chi connectivity index (χ4v) is 9.76. The molecular formula is C57H58Cl3F3N6O9S2. The number of pyridine rings is 2. The highest BCUT2D eigenvalue weighted by Crippen LogP contribution is 2.32. The number of carbonyl (C=O) groups is 4. The van der Waals surface area contributed by atoms with Crippen LogP contribution in [0.15, 0.2) is 97.3 Å². The van der Waals surface area contributed by atoms with Crippen molar-refractivity contribution in [1.29, 1.82) is 0 Å². The Hall–Kier alpha value is -6.46. The summed E-state index contributed by atoms with van der Waals surface area (Å²) in [6.07, 6.45) is 4.06. The second-order valence-corrected chi connectivity index (χ2v) is 21.8. The lowest BCUT2D eigenvalue weighted by Crippen LogP contribution is -2.22. The summed E-state index contributed by atoms with van der Waals surface area (Å²) in [5.74, 6) is -3.38. The van der Waals surface area contributed by atoms with Gasteiger partial charge in [0, 0.05) is 41.9 Å². The van der Waals surface area contributed by atoms with Gasteiger partial charge in [0.2, 0.25) is 0 Å². The Morgan fingerprint density at radius 2 is 1.09 bits per heavy atom. The highest BCUT2D eigenvalue weighted by atomic mass is 35.5. The number of aryl methyl sites for hydroxylation is 4. The number of nitrogens with two attached hydrogens (primary N) is 1. The quantitative estimate of drug-likeness (QED) is 0.0858. The van der Waals surface area contributed by atoms with Crippen molar-refractivity contribution in [2.45, 2.75) is 92.0 Å². The third-order valence-electron chi connectivity index (χ3n) is 12.1. The zero-order valence-electron chi connectivity index (χ0n) is 45.6. The zero-order valence-corrected chi connectivity index (χ0v) is 48.6. The lowest BCUT2D eigenvalue weighted by molar-refractivity contribution is -0.138. The van der Waals surface area contributed by atoms with Crippen molar-refractivity contribution in [3.63, 3.8) is 0 Å². The number of thiazole rings is 2. The first kappa shape index (κ1) is 62.7. The van der Waals surface area contributed by atoms with Crippen LogP contribution in [-0.4, -0.2) is 91.6 Å². The summed E-state index contributed by atoms with van der Waals surface area (Å²) < 4.78 is 69.5. The average molecular weight is 1200 g/mol. The monoisotopic (exact) mass is 1200 g/mol. The van der Waals surface area contributed by atoms with Gasteiger partial charge in [0.15, 0.2) is 21.8 Å². The van der Waals surface area contributed by atoms with Crippen LogP contribution in [-0.2, 0) is 41.4 Å². The van der Waals surface area contributed by atoms with Gasteiger partial charge in [-0.05, 0) is 173 Å². The van der Waals surface area contributed by atoms with Crippen LogP contribution in [0.5, 0.6) is 0 Å². The molecule has 2 aliphatic rings. The number of carboxylic acids is 1. The van der Waals surface area contributed by atoms with Crippen molar-refractivity contribution >= 4 is 111 Å². The lowest BCUT2D eigenvalue weighted by atomic mass is 10.1. The Balaban J connectivity index is 0.000000224. The second-order valence-electron chi connectivity index (χ2n) is 19.0. The topological polar surface area (TPSA) is 215 Å². The summed E-state index contributed by atoms with van der Waals surface area (Å²) in [5, 5.41) is 10.7. The van der Waals surface area contributed by atoms with Gasteiger partial charge in [-0.3, -0.25) is 34.1 Å². The van der Waals surface area contributed by atoms with Gasteiger partial charge in [-0.15, -0.1) is 12.4 Å². The average Bonchev–Trinajstić information content (AvgIpc) is 4.21. The SMILES string of the molecule is CC1(C)OC[C@@H](Cc2cnc(-c3ccc(C(=O)O)cc3)c(F)c2)O1.Cc1cc2nc(N)sc2cc1C.Cc1cc2nc(NC(=O)c3ccc(-c4ncc(C[C@@H]5COC(C)(C)O5)cc4F)cc3)sc2cc1C.Cl.O=C(Cl)C(=O)Cl.[2H]CF. The van der Waals surface area contributed by atoms with Crippen LogP contribution < -0.4 is 11.1 Å². The number of anilines is 2. The van der Waals surface area contributed by atoms with E-state index < -0.39 is 46.8 Å². The fraction of sp³-hybridized carbons (Fsp3) is 0.298. The number of nitrogen functional groups attached to an aromatic ring is 1. The van der Waals surface area contributed by atoms with Gasteiger partial charge in [-0.1, -0.05) is 46.9 Å². The van der Waals surface area contributed by atoms with Gasteiger partial charge >= 0.3 is 16.5 Å². The molecule has 10 rings (SSSR count). The summed E-state index contributed by atoms with van der Waals surface area (Å²) in [7, 11) is -1.00. The van der Waals surface area contributed by atoms with Crippen LogP contribution in [0.4, 0.5) is 23.4 Å². The molecule has 4 aromatic carbocycles. The molecule has 2 fully saturated rings. The highest BCUT2D eigenvalue weighted by molar-refractivity contribution is 7.22. The van der Waals surface area contributed by atoms with Crippen molar-refractivity contribution in [2.24, 2.45) is 0 Å². The number of fused-ring (bicyclic) bond motifs is 2. The van der Waals surface area contributed by atoms with E-state index in [1.807, 2.05) is 40.7 Å². The van der Waals surface area contributed by atoms with E-state index in [4.69, 9.17) is 31.2 Å². The normalized spacial score (nSPS) is 15.7. The van der Waals surface area contributed by atoms with Gasteiger partial charge in [0.05, 0.1) is 59.9 Å². The van der Waals surface area contributed by atoms with E-state index in [1.165, 1.54) is 57.0 Å². The Morgan fingerprint density at radius 3 is 1.48 bits per heavy atom. The number of hydrogen-bond acceptors (Lipinski definition) is 15. The maximum absolute atomic E-state index is 14.8. The maximum Gasteiger partial charge on any atom is 0.335 e. The maximum atomic E-state index is 14.8. The van der Waals surface area contributed by atoms with Crippen LogP contribution in [0.25, 0.3) is 42.9 Å². The molecule has 4 N–H and O–H groups in total. The molecule has 2 saturated heterocycles. The smallest absolute Gasteiger partial charge is 0.335 e. The number of nitrogens with zero attached hydrogens (tertiary/aromatic N) is 4. The number of nitrogens with one attached hydrogen (secondary N) is 1. The minimum Gasteiger partial charge on any atom is -0.478 e. The lowest BCUT2D eigenvalue weighted by Gasteiger charge is -2.17. The van der Waals surface area contributed by atoms with Crippen molar-refractivity contribution in [3.05, 3.63) is 153 Å². The molecule has 6 heterocycles. The number of ether oxygens (including phenoxy) is 4. The summed E-state index contributed by atoms with van der Waals surface area (Å²) in [6.45, 7) is 16.6. The number of benzene rings is 4. The molecule has 0 saturated carbocycles. The largest absolute Gasteiger partial charge is 0.478 e. The molecule has 4 aromatic heterocycles. The van der Waals surface area contributed by atoms with E-state index in [0.29, 0.717) is 53.0 Å². The molecule has 23 heteroatoms. The first-order chi connectivity index (χ1) is 37.7. The van der Waals surface area contributed by atoms with Crippen LogP contribution in [0.1, 0.15) is 83.2 Å². The molecule has 15 nitrogen and oxygen atoms in total. The number of hydrogen-bond donors (Lipinski definition) is 3. The number of carbonyl (C=O) groups excluding carboxylic acids is 3. The Morgan fingerprint density at radius 1 is 0.688 bits per heavy atom. The van der Waals surface area contributed by atoms with Crippen LogP contribution in [0, 0.1) is 39.3 Å². The molecule has 2 aliphatic heterocycles. The van der Waals surface area contributed by atoms with Gasteiger partial charge in [0.25, 0.3) is 5.91 Å². The number of halogens is 6. The molecule has 424 valence electrons. The number of aromatic nitrogens is 4. The summed E-state index contributed by atoms with van der Waals surface area (Å²) >= 11 is 12.0. The highest BCUT2D eigenvalue weighted by Gasteiger charge is 2.34. The van der Waals surface area contributed by atoms with Crippen LogP contribution in [0.3, 0.4) is 0 Å². The van der Waals surface area contributed by atoms with Crippen molar-refractivity contribution in [2.75, 3.05) is 31.4 Å². The van der Waals surface area contributed by atoms with Crippen LogP contribution in [0.2, 0.25) is 0 Å². The zero-order chi connectivity index (χ0) is 58.6. The number of carboxylic acid groups (broad SMARTS) is 1. The number of rotatable bonds is 10. The van der Waals surface area contributed by atoms with Gasteiger partial charge < -0.3 is 29.8 Å². The van der Waals surface area contributed by atoms with E-state index in [0.717, 1.165) is 32.4 Å². The van der Waals surface area contributed by atoms with Gasteiger partial charge in [0.1, 0.15) is 23.0 Å². The van der Waals surface area contributed by atoms with Gasteiger partial charge in [-0.2, -0.15) is 0 Å². The minimum atomic E-state index is -1.14. The van der Waals surface area contributed by atoms with E-state index in [1.54, 1.807) is 60.1 Å². The van der Waals surface area contributed by atoms with Gasteiger partial charge in [-0.25, -0.2) is 23.5 Å². The second kappa shape index (κ2) is 28.3. The summed E-state index contributed by atoms with van der Waals surface area (Å²) in [5.41, 5.74) is 16.0. The summed E-state index contributed by atoms with van der Waals surface area (Å²) in [4.78, 5) is 59.7. The van der Waals surface area contributed by atoms with Crippen molar-refractivity contribution in [3.8, 4) is 22.5 Å². The first-order valence-corrected chi connectivity index (χ1v) is 26.6. The molecule has 2 atom stereocenters. The molecule has 1 amide bonds. The molecule has 0 aliphatic carbocycles. The molecule has 0 radical (unpaired) electrons. The predicted octanol–water partition coefficient (Wildman–Crippen LogP) is 13.4. The van der Waals surface area contributed by atoms with Crippen molar-refractivity contribution < 1.29 is 57.8 Å². The molecule has 0 bridgehead atoms. The Kier molecular flexibility index (Phi) is 22.2. The summed E-state index contributed by atoms with van der Waals surface area (Å²) in [6, 6.07) is 23.9. The van der Waals surface area contributed by atoms with E-state index in [2.05, 4.69) is 87.4 Å². The number of alkyl halides is 1. The number of aromatic carboxylic acids is 1. The fourth-order valence-electron chi connectivity index (χ4n) is 8.01. The minimum absolute atomic E-state index is 0. The Labute approximate surface area is 485 Å². The molecular weight excluding hydrogens is 1140 g/mol. The third-order valence-corrected chi connectivity index (χ3v) is 14.3. The van der Waals surface area contributed by atoms with E-state index >= 15 is 0 Å². The third kappa shape index (κ3) is 17.8. The van der Waals surface area contributed by atoms with Crippen molar-refractivity contribution in [1.82, 2.24) is 19.9 Å². The first-order valence-electron chi connectivity index (χ1n) is 24.9. The standard InChI is InChI=1S/C27H26FN3O3S.C18H18FNO4.C9H10N2S.C2Cl2O2.CH3F.ClH/c1-15-9-22-23(10-16(15)2)35-26(30-22)31-25(32)19-7-5-18(6-8-19)24-21(28)12-17(13-29-24)11-20-14-33-27(3,4)34-20;1-18(2)23-10-14(24-18)7-11-8-15(19)16(20-9-11)12-3-5-13(6-4-12)17(21)22;1-5-3-7-8(4-6(5)2)12-9(10)11-7;3-1(5)2(4)6;1-2;/h5-10,12-13,20H,11,14H2,1-4H3,(H,30,31,32);3-6,8-9,14H,7,10H2,1-2H3,(H,21,22);3-4H,1-2H3,(H2,10,11);;1H3;1H/t20-;14-;;;;/m11..../s1/i;;;;1D;. The Bertz CT molecular complexity index is 3430. The molecule has 0 unspecified atom stereocenters.